The van der Waals surface area contributed by atoms with E-state index in [0.717, 1.165) is 29.0 Å². The Labute approximate surface area is 311 Å². The highest BCUT2D eigenvalue weighted by Crippen LogP contribution is 2.42. The van der Waals surface area contributed by atoms with Crippen molar-refractivity contribution in [3.05, 3.63) is 222 Å². The van der Waals surface area contributed by atoms with Crippen LogP contribution in [0.2, 0.25) is 0 Å². The summed E-state index contributed by atoms with van der Waals surface area (Å²) in [4.78, 5) is 2.32. The van der Waals surface area contributed by atoms with E-state index in [1.807, 2.05) is 0 Å². The first-order valence-corrected chi connectivity index (χ1v) is 18.5. The molecule has 53 heavy (non-hydrogen) atoms. The minimum absolute atomic E-state index is 0.233. The minimum atomic E-state index is 0.233. The lowest BCUT2D eigenvalue weighted by molar-refractivity contribution is 0.813. The maximum Gasteiger partial charge on any atom is 0.0547 e. The second-order valence-corrected chi connectivity index (χ2v) is 13.8. The van der Waals surface area contributed by atoms with Crippen molar-refractivity contribution in [3.8, 4) is 16.8 Å². The molecule has 7 aromatic carbocycles. The van der Waals surface area contributed by atoms with E-state index in [0.29, 0.717) is 0 Å². The number of anilines is 3. The molecule has 0 saturated carbocycles. The van der Waals surface area contributed by atoms with Gasteiger partial charge in [0.15, 0.2) is 0 Å². The fourth-order valence-corrected chi connectivity index (χ4v) is 8.05. The first-order valence-electron chi connectivity index (χ1n) is 18.5. The molecular formula is C51H40N2. The Bertz CT molecular complexity index is 2600. The molecule has 0 amide bonds. The summed E-state index contributed by atoms with van der Waals surface area (Å²) in [5.74, 6) is 0.233. The number of nitrogens with zero attached hydrogens (tertiary/aromatic N) is 2. The number of para-hydroxylation sites is 4. The van der Waals surface area contributed by atoms with Gasteiger partial charge in [0.05, 0.1) is 11.0 Å². The average molecular weight is 681 g/mol. The number of benzene rings is 7. The maximum atomic E-state index is 2.41. The van der Waals surface area contributed by atoms with E-state index in [-0.39, 0.29) is 5.92 Å². The molecule has 254 valence electrons. The van der Waals surface area contributed by atoms with Crippen LogP contribution in [-0.4, -0.2) is 4.57 Å². The lowest BCUT2D eigenvalue weighted by Crippen LogP contribution is -2.09. The van der Waals surface area contributed by atoms with Gasteiger partial charge >= 0.3 is 0 Å². The van der Waals surface area contributed by atoms with Crippen LogP contribution in [0.5, 0.6) is 0 Å². The molecule has 9 rings (SSSR count). The number of aromatic nitrogens is 1. The van der Waals surface area contributed by atoms with E-state index in [1.165, 1.54) is 55.3 Å². The third-order valence-electron chi connectivity index (χ3n) is 10.5. The van der Waals surface area contributed by atoms with Crippen molar-refractivity contribution in [1.82, 2.24) is 4.57 Å². The Kier molecular flexibility index (Phi) is 8.63. The largest absolute Gasteiger partial charge is 0.310 e. The van der Waals surface area contributed by atoms with Gasteiger partial charge in [-0.25, -0.2) is 0 Å². The summed E-state index contributed by atoms with van der Waals surface area (Å²) in [6.07, 6.45) is 12.4. The molecule has 0 fully saturated rings. The Morgan fingerprint density at radius 3 is 2.00 bits per heavy atom. The molecular weight excluding hydrogens is 641 g/mol. The summed E-state index contributed by atoms with van der Waals surface area (Å²) in [6.45, 7) is 2.27. The van der Waals surface area contributed by atoms with Gasteiger partial charge in [0, 0.05) is 39.4 Å². The van der Waals surface area contributed by atoms with Crippen molar-refractivity contribution in [2.24, 2.45) is 0 Å². The van der Waals surface area contributed by atoms with E-state index < -0.39 is 0 Å². The van der Waals surface area contributed by atoms with Crippen LogP contribution in [0.1, 0.15) is 29.0 Å². The number of hydrogen-bond acceptors (Lipinski definition) is 1. The SMILES string of the molecule is Cc1cccc(-c2ccc3c4ccccc4n(-c4ccccc4)c3c2)c1C1CC=CC=C1/C=C\c1cccc(N(c2ccccc2)c2ccccc2)c1. The summed E-state index contributed by atoms with van der Waals surface area (Å²) in [5.41, 5.74) is 14.7. The molecule has 0 radical (unpaired) electrons. The molecule has 2 heteroatoms. The second kappa shape index (κ2) is 14.2. The van der Waals surface area contributed by atoms with E-state index in [1.54, 1.807) is 0 Å². The number of hydrogen-bond donors (Lipinski definition) is 0. The van der Waals surface area contributed by atoms with Gasteiger partial charge < -0.3 is 9.47 Å². The zero-order chi connectivity index (χ0) is 35.6. The van der Waals surface area contributed by atoms with Crippen LogP contribution in [0.15, 0.2) is 206 Å². The number of allylic oxidation sites excluding steroid dienone is 5. The number of rotatable bonds is 8. The van der Waals surface area contributed by atoms with Crippen LogP contribution in [0.4, 0.5) is 17.1 Å². The highest BCUT2D eigenvalue weighted by molar-refractivity contribution is 6.10. The van der Waals surface area contributed by atoms with Gasteiger partial charge in [-0.15, -0.1) is 0 Å². The topological polar surface area (TPSA) is 8.17 Å². The predicted molar refractivity (Wildman–Crippen MR) is 226 cm³/mol. The highest BCUT2D eigenvalue weighted by Gasteiger charge is 2.23. The fraction of sp³-hybridized carbons (Fsp3) is 0.0588. The molecule has 1 aromatic heterocycles. The third-order valence-corrected chi connectivity index (χ3v) is 10.5. The molecule has 0 spiro atoms. The van der Waals surface area contributed by atoms with Gasteiger partial charge in [0.1, 0.15) is 0 Å². The van der Waals surface area contributed by atoms with Crippen molar-refractivity contribution >= 4 is 44.9 Å². The zero-order valence-electron chi connectivity index (χ0n) is 29.8. The Balaban J connectivity index is 1.09. The van der Waals surface area contributed by atoms with E-state index in [2.05, 4.69) is 223 Å². The van der Waals surface area contributed by atoms with Crippen LogP contribution in [0.3, 0.4) is 0 Å². The van der Waals surface area contributed by atoms with Gasteiger partial charge in [0.25, 0.3) is 0 Å². The Morgan fingerprint density at radius 1 is 0.566 bits per heavy atom. The molecule has 0 aliphatic heterocycles. The highest BCUT2D eigenvalue weighted by atomic mass is 15.1. The van der Waals surface area contributed by atoms with Crippen LogP contribution in [0, 0.1) is 6.92 Å². The smallest absolute Gasteiger partial charge is 0.0547 e. The third kappa shape index (κ3) is 6.19. The summed E-state index contributed by atoms with van der Waals surface area (Å²) < 4.78 is 2.41. The number of aryl methyl sites for hydroxylation is 1. The predicted octanol–water partition coefficient (Wildman–Crippen LogP) is 13.9. The fourth-order valence-electron chi connectivity index (χ4n) is 8.05. The molecule has 1 unspecified atom stereocenters. The molecule has 8 aromatic rings. The molecule has 0 saturated heterocycles. The minimum Gasteiger partial charge on any atom is -0.310 e. The lowest BCUT2D eigenvalue weighted by Gasteiger charge is -2.26. The first-order chi connectivity index (χ1) is 26.2. The van der Waals surface area contributed by atoms with Crippen LogP contribution in [-0.2, 0) is 0 Å². The van der Waals surface area contributed by atoms with Gasteiger partial charge in [-0.1, -0.05) is 146 Å². The van der Waals surface area contributed by atoms with Crippen LogP contribution in [0.25, 0.3) is 44.7 Å². The number of fused-ring (bicyclic) bond motifs is 3. The van der Waals surface area contributed by atoms with E-state index in [9.17, 15) is 0 Å². The van der Waals surface area contributed by atoms with E-state index >= 15 is 0 Å². The van der Waals surface area contributed by atoms with Gasteiger partial charge in [0.2, 0.25) is 0 Å². The molecule has 0 bridgehead atoms. The van der Waals surface area contributed by atoms with Gasteiger partial charge in [-0.05, 0) is 107 Å². The molecule has 1 aliphatic carbocycles. The van der Waals surface area contributed by atoms with E-state index in [4.69, 9.17) is 0 Å². The summed E-state index contributed by atoms with van der Waals surface area (Å²) >= 11 is 0. The molecule has 0 N–H and O–H groups in total. The van der Waals surface area contributed by atoms with Crippen molar-refractivity contribution in [2.45, 2.75) is 19.3 Å². The zero-order valence-corrected chi connectivity index (χ0v) is 29.8. The lowest BCUT2D eigenvalue weighted by atomic mass is 9.79. The van der Waals surface area contributed by atoms with Gasteiger partial charge in [-0.3, -0.25) is 0 Å². The molecule has 1 atom stereocenters. The Hall–Kier alpha value is -6.64. The maximum absolute atomic E-state index is 2.41. The summed E-state index contributed by atoms with van der Waals surface area (Å²) in [6, 6.07) is 63.3. The monoisotopic (exact) mass is 680 g/mol. The van der Waals surface area contributed by atoms with Crippen molar-refractivity contribution < 1.29 is 0 Å². The quantitative estimate of drug-likeness (QED) is 0.155. The average Bonchev–Trinajstić information content (AvgIpc) is 3.55. The summed E-state index contributed by atoms with van der Waals surface area (Å²) in [5, 5.41) is 2.54. The standard InChI is InChI=1S/C51H40N2/c1-37-17-15-29-46(40-33-34-48-47-28-13-14-30-49(47)53(50(48)36-40)43-24-9-4-10-25-43)51(37)45-27-12-11-19-39(45)32-31-38-18-16-26-44(35-38)52(41-20-5-2-6-21-41)42-22-7-3-8-23-42/h2-26,28-36,45H,27H2,1H3/b32-31-. The first kappa shape index (κ1) is 32.3. The molecule has 2 nitrogen and oxygen atoms in total. The van der Waals surface area contributed by atoms with Crippen molar-refractivity contribution in [3.63, 3.8) is 0 Å². The van der Waals surface area contributed by atoms with Crippen molar-refractivity contribution in [2.75, 3.05) is 4.90 Å². The Morgan fingerprint density at radius 2 is 1.23 bits per heavy atom. The normalized spacial score (nSPS) is 14.2. The van der Waals surface area contributed by atoms with Crippen LogP contribution >= 0.6 is 0 Å². The van der Waals surface area contributed by atoms with Gasteiger partial charge in [-0.2, -0.15) is 0 Å². The van der Waals surface area contributed by atoms with Crippen molar-refractivity contribution in [1.29, 1.82) is 0 Å². The second-order valence-electron chi connectivity index (χ2n) is 13.8. The molecule has 1 aliphatic rings. The summed E-state index contributed by atoms with van der Waals surface area (Å²) in [7, 11) is 0. The molecule has 1 heterocycles. The van der Waals surface area contributed by atoms with Crippen LogP contribution < -0.4 is 4.90 Å².